The SMILES string of the molecule is CCN(C(=O)OCC1c2ccccc2-c2ccccc21)C(C(=O)O)c1cncn1C. The summed E-state index contributed by atoms with van der Waals surface area (Å²) in [7, 11) is 1.70. The molecule has 4 rings (SSSR count). The van der Waals surface area contributed by atoms with Crippen LogP contribution in [0.5, 0.6) is 0 Å². The van der Waals surface area contributed by atoms with Crippen LogP contribution in [0, 0.1) is 0 Å². The summed E-state index contributed by atoms with van der Waals surface area (Å²) in [5.74, 6) is -1.21. The Labute approximate surface area is 174 Å². The van der Waals surface area contributed by atoms with Crippen molar-refractivity contribution in [3.63, 3.8) is 0 Å². The summed E-state index contributed by atoms with van der Waals surface area (Å²) in [5, 5.41) is 9.77. The number of carbonyl (C=O) groups excluding carboxylic acids is 1. The minimum Gasteiger partial charge on any atom is -0.479 e. The van der Waals surface area contributed by atoms with Gasteiger partial charge in [-0.15, -0.1) is 0 Å². The predicted molar refractivity (Wildman–Crippen MR) is 111 cm³/mol. The van der Waals surface area contributed by atoms with Crippen LogP contribution in [-0.4, -0.2) is 44.8 Å². The summed E-state index contributed by atoms with van der Waals surface area (Å²) in [4.78, 5) is 30.1. The summed E-state index contributed by atoms with van der Waals surface area (Å²) in [6.45, 7) is 2.06. The molecule has 0 saturated heterocycles. The zero-order valence-electron chi connectivity index (χ0n) is 16.9. The number of fused-ring (bicyclic) bond motifs is 3. The van der Waals surface area contributed by atoms with Crippen molar-refractivity contribution in [1.29, 1.82) is 0 Å². The number of carboxylic acid groups (broad SMARTS) is 1. The lowest BCUT2D eigenvalue weighted by molar-refractivity contribution is -0.143. The molecule has 0 radical (unpaired) electrons. The van der Waals surface area contributed by atoms with E-state index < -0.39 is 18.1 Å². The maximum Gasteiger partial charge on any atom is 0.410 e. The van der Waals surface area contributed by atoms with Crippen LogP contribution in [0.25, 0.3) is 11.1 Å². The highest BCUT2D eigenvalue weighted by molar-refractivity contribution is 5.82. The van der Waals surface area contributed by atoms with Gasteiger partial charge in [0.2, 0.25) is 0 Å². The summed E-state index contributed by atoms with van der Waals surface area (Å²) < 4.78 is 7.25. The van der Waals surface area contributed by atoms with Crippen molar-refractivity contribution in [3.8, 4) is 11.1 Å². The number of ether oxygens (including phenoxy) is 1. The Kier molecular flexibility index (Phi) is 5.27. The van der Waals surface area contributed by atoms with Gasteiger partial charge in [0.05, 0.1) is 18.2 Å². The first-order valence-corrected chi connectivity index (χ1v) is 9.83. The second-order valence-electron chi connectivity index (χ2n) is 7.26. The molecule has 0 saturated carbocycles. The fourth-order valence-electron chi connectivity index (χ4n) is 4.14. The van der Waals surface area contributed by atoms with Crippen LogP contribution in [0.3, 0.4) is 0 Å². The molecule has 0 fully saturated rings. The van der Waals surface area contributed by atoms with Crippen LogP contribution >= 0.6 is 0 Å². The number of carboxylic acids is 1. The molecule has 7 heteroatoms. The number of aliphatic carboxylic acids is 1. The number of carbonyl (C=O) groups is 2. The van der Waals surface area contributed by atoms with Crippen LogP contribution in [0.15, 0.2) is 61.1 Å². The molecule has 1 amide bonds. The number of hydrogen-bond acceptors (Lipinski definition) is 4. The third kappa shape index (κ3) is 3.32. The normalized spacial score (nSPS) is 13.4. The smallest absolute Gasteiger partial charge is 0.410 e. The highest BCUT2D eigenvalue weighted by Gasteiger charge is 2.35. The van der Waals surface area contributed by atoms with Gasteiger partial charge in [0.25, 0.3) is 0 Å². The highest BCUT2D eigenvalue weighted by atomic mass is 16.6. The molecule has 30 heavy (non-hydrogen) atoms. The van der Waals surface area contributed by atoms with Gasteiger partial charge in [-0.05, 0) is 29.2 Å². The van der Waals surface area contributed by atoms with Crippen molar-refractivity contribution in [2.45, 2.75) is 18.9 Å². The Balaban J connectivity index is 1.57. The molecule has 3 aromatic rings. The van der Waals surface area contributed by atoms with E-state index in [1.807, 2.05) is 36.4 Å². The first kappa shape index (κ1) is 19.7. The molecule has 154 valence electrons. The minimum absolute atomic E-state index is 0.0833. The average molecular weight is 405 g/mol. The zero-order valence-corrected chi connectivity index (χ0v) is 16.9. The van der Waals surface area contributed by atoms with E-state index >= 15 is 0 Å². The Morgan fingerprint density at radius 2 is 1.73 bits per heavy atom. The Bertz CT molecular complexity index is 1050. The number of benzene rings is 2. The number of hydrogen-bond donors (Lipinski definition) is 1. The van der Waals surface area contributed by atoms with Gasteiger partial charge in [0.15, 0.2) is 6.04 Å². The van der Waals surface area contributed by atoms with Crippen molar-refractivity contribution in [3.05, 3.63) is 77.9 Å². The molecule has 1 N–H and O–H groups in total. The first-order valence-electron chi connectivity index (χ1n) is 9.83. The number of imidazole rings is 1. The molecular formula is C23H23N3O4. The maximum absolute atomic E-state index is 12.9. The summed E-state index contributed by atoms with van der Waals surface area (Å²) in [5.41, 5.74) is 4.91. The van der Waals surface area contributed by atoms with E-state index in [0.29, 0.717) is 5.69 Å². The molecule has 0 aliphatic heterocycles. The van der Waals surface area contributed by atoms with Crippen molar-refractivity contribution >= 4 is 12.1 Å². The van der Waals surface area contributed by atoms with E-state index in [4.69, 9.17) is 4.74 Å². The van der Waals surface area contributed by atoms with Crippen molar-refractivity contribution in [1.82, 2.24) is 14.5 Å². The molecule has 1 unspecified atom stereocenters. The standard InChI is InChI=1S/C23H23N3O4/c1-3-26(21(22(27)28)20-12-24-14-25(20)2)23(29)30-13-19-17-10-6-4-8-15(17)16-9-5-7-11-18(16)19/h4-12,14,19,21H,3,13H2,1-2H3,(H,27,28). The van der Waals surface area contributed by atoms with Gasteiger partial charge in [-0.1, -0.05) is 48.5 Å². The summed E-state index contributed by atoms with van der Waals surface area (Å²) >= 11 is 0. The van der Waals surface area contributed by atoms with E-state index in [-0.39, 0.29) is 19.1 Å². The molecule has 0 spiro atoms. The Morgan fingerprint density at radius 1 is 1.13 bits per heavy atom. The monoisotopic (exact) mass is 405 g/mol. The second-order valence-corrected chi connectivity index (χ2v) is 7.26. The Morgan fingerprint density at radius 3 is 2.23 bits per heavy atom. The molecule has 7 nitrogen and oxygen atoms in total. The number of amides is 1. The molecule has 1 aliphatic carbocycles. The summed E-state index contributed by atoms with van der Waals surface area (Å²) in [6.07, 6.45) is 2.31. The van der Waals surface area contributed by atoms with E-state index in [2.05, 4.69) is 17.1 Å². The number of rotatable bonds is 6. The third-order valence-electron chi connectivity index (χ3n) is 5.59. The lowest BCUT2D eigenvalue weighted by Crippen LogP contribution is -2.40. The van der Waals surface area contributed by atoms with E-state index in [9.17, 15) is 14.7 Å². The lowest BCUT2D eigenvalue weighted by Gasteiger charge is -2.27. The molecule has 2 aromatic carbocycles. The van der Waals surface area contributed by atoms with Crippen LogP contribution in [-0.2, 0) is 16.6 Å². The summed E-state index contributed by atoms with van der Waals surface area (Å²) in [6, 6.07) is 15.0. The topological polar surface area (TPSA) is 84.7 Å². The molecule has 1 atom stereocenters. The molecule has 1 heterocycles. The van der Waals surface area contributed by atoms with E-state index in [1.54, 1.807) is 18.5 Å². The van der Waals surface area contributed by atoms with Crippen molar-refractivity contribution in [2.75, 3.05) is 13.2 Å². The first-order chi connectivity index (χ1) is 14.5. The average Bonchev–Trinajstić information content (AvgIpc) is 3.31. The van der Waals surface area contributed by atoms with E-state index in [1.165, 1.54) is 17.4 Å². The van der Waals surface area contributed by atoms with Crippen LogP contribution < -0.4 is 0 Å². The Hall–Kier alpha value is -3.61. The van der Waals surface area contributed by atoms with Crippen LogP contribution in [0.4, 0.5) is 4.79 Å². The van der Waals surface area contributed by atoms with Gasteiger partial charge < -0.3 is 14.4 Å². The van der Waals surface area contributed by atoms with Gasteiger partial charge in [0, 0.05) is 19.5 Å². The van der Waals surface area contributed by atoms with E-state index in [0.717, 1.165) is 22.3 Å². The highest BCUT2D eigenvalue weighted by Crippen LogP contribution is 2.44. The number of aromatic nitrogens is 2. The zero-order chi connectivity index (χ0) is 21.3. The van der Waals surface area contributed by atoms with Gasteiger partial charge >= 0.3 is 12.1 Å². The number of likely N-dealkylation sites (N-methyl/N-ethyl adjacent to an activating group) is 1. The lowest BCUT2D eigenvalue weighted by atomic mass is 9.98. The molecule has 1 aliphatic rings. The van der Waals surface area contributed by atoms with Gasteiger partial charge in [-0.2, -0.15) is 0 Å². The van der Waals surface area contributed by atoms with Gasteiger partial charge in [-0.3, -0.25) is 4.90 Å². The van der Waals surface area contributed by atoms with Gasteiger partial charge in [-0.25, -0.2) is 14.6 Å². The quantitative estimate of drug-likeness (QED) is 0.674. The molecule has 1 aromatic heterocycles. The molecule has 0 bridgehead atoms. The van der Waals surface area contributed by atoms with Crippen molar-refractivity contribution < 1.29 is 19.4 Å². The predicted octanol–water partition coefficient (Wildman–Crippen LogP) is 3.82. The number of nitrogens with zero attached hydrogens (tertiary/aromatic N) is 3. The number of aryl methyl sites for hydroxylation is 1. The molecular weight excluding hydrogens is 382 g/mol. The largest absolute Gasteiger partial charge is 0.479 e. The van der Waals surface area contributed by atoms with Crippen LogP contribution in [0.1, 0.15) is 35.7 Å². The van der Waals surface area contributed by atoms with Crippen LogP contribution in [0.2, 0.25) is 0 Å². The van der Waals surface area contributed by atoms with Gasteiger partial charge in [0.1, 0.15) is 6.61 Å². The van der Waals surface area contributed by atoms with Crippen molar-refractivity contribution in [2.24, 2.45) is 7.05 Å². The minimum atomic E-state index is -1.17. The fraction of sp³-hybridized carbons (Fsp3) is 0.261. The maximum atomic E-state index is 12.9. The third-order valence-corrected chi connectivity index (χ3v) is 5.59. The fourth-order valence-corrected chi connectivity index (χ4v) is 4.14. The second kappa shape index (κ2) is 8.02.